The molecule has 0 aromatic heterocycles. The maximum absolute atomic E-state index is 13.2. The highest BCUT2D eigenvalue weighted by atomic mass is 32.2. The second-order valence-electron chi connectivity index (χ2n) is 7.38. The molecule has 10 heteroatoms. The highest BCUT2D eigenvalue weighted by molar-refractivity contribution is 8.00. The van der Waals surface area contributed by atoms with Crippen LogP contribution in [-0.4, -0.2) is 28.1 Å². The van der Waals surface area contributed by atoms with Gasteiger partial charge in [-0.25, -0.2) is 4.79 Å². The van der Waals surface area contributed by atoms with Gasteiger partial charge in [0.2, 0.25) is 5.91 Å². The minimum atomic E-state index is -4.61. The largest absolute Gasteiger partial charge is 0.478 e. The first-order chi connectivity index (χ1) is 16.6. The van der Waals surface area contributed by atoms with E-state index in [0.717, 1.165) is 17.8 Å². The number of hydrogen-bond acceptors (Lipinski definition) is 4. The number of aromatic carboxylic acids is 1. The van der Waals surface area contributed by atoms with E-state index in [9.17, 15) is 32.7 Å². The molecule has 3 aromatic carbocycles. The van der Waals surface area contributed by atoms with Gasteiger partial charge in [-0.1, -0.05) is 37.3 Å². The molecule has 0 aliphatic carbocycles. The zero-order valence-corrected chi connectivity index (χ0v) is 19.2. The minimum absolute atomic E-state index is 0.00722. The molecule has 182 valence electrons. The number of thioether (sulfide) groups is 1. The Kier molecular flexibility index (Phi) is 8.18. The lowest BCUT2D eigenvalue weighted by atomic mass is 10.1. The quantitative estimate of drug-likeness (QED) is 0.321. The molecule has 3 aromatic rings. The van der Waals surface area contributed by atoms with Crippen molar-refractivity contribution in [2.75, 3.05) is 10.6 Å². The van der Waals surface area contributed by atoms with E-state index >= 15 is 0 Å². The highest BCUT2D eigenvalue weighted by Gasteiger charge is 2.34. The third kappa shape index (κ3) is 6.63. The molecule has 1 atom stereocenters. The van der Waals surface area contributed by atoms with Gasteiger partial charge in [0.05, 0.1) is 27.6 Å². The van der Waals surface area contributed by atoms with Crippen LogP contribution in [0.5, 0.6) is 0 Å². The summed E-state index contributed by atoms with van der Waals surface area (Å²) in [5, 5.41) is 13.6. The number of alkyl halides is 3. The van der Waals surface area contributed by atoms with Gasteiger partial charge in [0.25, 0.3) is 5.91 Å². The normalized spacial score (nSPS) is 12.0. The van der Waals surface area contributed by atoms with Crippen LogP contribution in [0.15, 0.2) is 77.7 Å². The Labute approximate surface area is 203 Å². The van der Waals surface area contributed by atoms with Gasteiger partial charge in [0, 0.05) is 10.6 Å². The summed E-state index contributed by atoms with van der Waals surface area (Å²) in [4.78, 5) is 37.3. The van der Waals surface area contributed by atoms with Gasteiger partial charge < -0.3 is 15.7 Å². The first-order valence-corrected chi connectivity index (χ1v) is 11.4. The van der Waals surface area contributed by atoms with Crippen molar-refractivity contribution >= 4 is 40.9 Å². The second-order valence-corrected chi connectivity index (χ2v) is 8.66. The lowest BCUT2D eigenvalue weighted by molar-refractivity contribution is -0.137. The van der Waals surface area contributed by atoms with Crippen LogP contribution in [0.25, 0.3) is 0 Å². The number of nitrogens with one attached hydrogen (secondary N) is 2. The highest BCUT2D eigenvalue weighted by Crippen LogP contribution is 2.35. The van der Waals surface area contributed by atoms with Crippen molar-refractivity contribution in [3.8, 4) is 0 Å². The Morgan fingerprint density at radius 1 is 0.914 bits per heavy atom. The fourth-order valence-electron chi connectivity index (χ4n) is 3.25. The van der Waals surface area contributed by atoms with E-state index < -0.39 is 34.8 Å². The molecule has 0 radical (unpaired) electrons. The van der Waals surface area contributed by atoms with E-state index in [1.807, 2.05) is 0 Å². The number of para-hydroxylation sites is 1. The Balaban J connectivity index is 1.73. The van der Waals surface area contributed by atoms with Gasteiger partial charge in [-0.15, -0.1) is 11.8 Å². The zero-order valence-electron chi connectivity index (χ0n) is 18.4. The number of anilines is 2. The molecular formula is C25H21F3N2O4S. The van der Waals surface area contributed by atoms with Crippen LogP contribution in [0.4, 0.5) is 24.5 Å². The molecule has 3 rings (SSSR count). The van der Waals surface area contributed by atoms with Crippen molar-refractivity contribution in [3.63, 3.8) is 0 Å². The van der Waals surface area contributed by atoms with Gasteiger partial charge >= 0.3 is 12.1 Å². The fourth-order valence-corrected chi connectivity index (χ4v) is 4.27. The van der Waals surface area contributed by atoms with E-state index in [1.54, 1.807) is 37.3 Å². The molecule has 0 bridgehead atoms. The summed E-state index contributed by atoms with van der Waals surface area (Å²) in [6.07, 6.45) is -4.27. The van der Waals surface area contributed by atoms with E-state index in [-0.39, 0.29) is 16.8 Å². The lowest BCUT2D eigenvalue weighted by Crippen LogP contribution is -2.26. The Bertz CT molecular complexity index is 1250. The zero-order chi connectivity index (χ0) is 25.6. The summed E-state index contributed by atoms with van der Waals surface area (Å²) in [6.45, 7) is 1.74. The maximum Gasteiger partial charge on any atom is 0.418 e. The van der Waals surface area contributed by atoms with Crippen LogP contribution in [0.2, 0.25) is 0 Å². The second kappa shape index (κ2) is 11.1. The summed E-state index contributed by atoms with van der Waals surface area (Å²) in [5.74, 6) is -2.43. The van der Waals surface area contributed by atoms with Crippen LogP contribution in [-0.2, 0) is 11.0 Å². The Morgan fingerprint density at radius 2 is 1.57 bits per heavy atom. The SMILES string of the molecule is CCC(Sc1cccc(NC(=O)c2ccccc2C(=O)O)c1)C(=O)Nc1ccccc1C(F)(F)F. The third-order valence-corrected chi connectivity index (χ3v) is 6.28. The molecule has 2 amide bonds. The molecule has 0 aliphatic rings. The predicted molar refractivity (Wildman–Crippen MR) is 128 cm³/mol. The van der Waals surface area contributed by atoms with Crippen LogP contribution >= 0.6 is 11.8 Å². The summed E-state index contributed by atoms with van der Waals surface area (Å²) >= 11 is 1.14. The van der Waals surface area contributed by atoms with E-state index in [0.29, 0.717) is 17.0 Å². The van der Waals surface area contributed by atoms with Gasteiger partial charge in [0.1, 0.15) is 0 Å². The van der Waals surface area contributed by atoms with Crippen molar-refractivity contribution in [1.29, 1.82) is 0 Å². The third-order valence-electron chi connectivity index (χ3n) is 4.93. The molecule has 6 nitrogen and oxygen atoms in total. The van der Waals surface area contributed by atoms with Gasteiger partial charge in [-0.05, 0) is 48.9 Å². The monoisotopic (exact) mass is 502 g/mol. The van der Waals surface area contributed by atoms with E-state index in [2.05, 4.69) is 10.6 Å². The number of halogens is 3. The Morgan fingerprint density at radius 3 is 2.23 bits per heavy atom. The molecule has 3 N–H and O–H groups in total. The lowest BCUT2D eigenvalue weighted by Gasteiger charge is -2.18. The number of carboxylic acids is 1. The van der Waals surface area contributed by atoms with Crippen LogP contribution in [0.1, 0.15) is 39.6 Å². The predicted octanol–water partition coefficient (Wildman–Crippen LogP) is 6.17. The molecule has 0 saturated heterocycles. The molecule has 1 unspecified atom stereocenters. The number of carboxylic acid groups (broad SMARTS) is 1. The molecule has 0 fully saturated rings. The molecule has 35 heavy (non-hydrogen) atoms. The Hall–Kier alpha value is -3.79. The first kappa shape index (κ1) is 25.8. The van der Waals surface area contributed by atoms with E-state index in [4.69, 9.17) is 0 Å². The van der Waals surface area contributed by atoms with Crippen LogP contribution in [0.3, 0.4) is 0 Å². The smallest absolute Gasteiger partial charge is 0.418 e. The molecule has 0 heterocycles. The van der Waals surface area contributed by atoms with Gasteiger partial charge in [0.15, 0.2) is 0 Å². The maximum atomic E-state index is 13.2. The summed E-state index contributed by atoms with van der Waals surface area (Å²) < 4.78 is 39.7. The number of amides is 2. The van der Waals surface area contributed by atoms with Crippen molar-refractivity contribution < 1.29 is 32.7 Å². The first-order valence-electron chi connectivity index (χ1n) is 10.5. The number of carbonyl (C=O) groups is 3. The average Bonchev–Trinajstić information content (AvgIpc) is 2.82. The van der Waals surface area contributed by atoms with Crippen molar-refractivity contribution in [2.24, 2.45) is 0 Å². The van der Waals surface area contributed by atoms with Crippen molar-refractivity contribution in [3.05, 3.63) is 89.5 Å². The fraction of sp³-hybridized carbons (Fsp3) is 0.160. The number of rotatable bonds is 8. The summed E-state index contributed by atoms with van der Waals surface area (Å²) in [7, 11) is 0. The average molecular weight is 503 g/mol. The molecule has 0 saturated carbocycles. The summed E-state index contributed by atoms with van der Waals surface area (Å²) in [5.41, 5.74) is -1.02. The van der Waals surface area contributed by atoms with Crippen molar-refractivity contribution in [2.45, 2.75) is 29.7 Å². The topological polar surface area (TPSA) is 95.5 Å². The molecular weight excluding hydrogens is 481 g/mol. The van der Waals surface area contributed by atoms with E-state index in [1.165, 1.54) is 36.4 Å². The van der Waals surface area contributed by atoms with Gasteiger partial charge in [-0.2, -0.15) is 13.2 Å². The standard InChI is InChI=1S/C25H21F3N2O4S/c1-2-21(23(32)30-20-13-6-5-12-19(20)25(26,27)28)35-16-9-7-8-15(14-16)29-22(31)17-10-3-4-11-18(17)24(33)34/h3-14,21H,2H2,1H3,(H,29,31)(H,30,32)(H,33,34). The summed E-state index contributed by atoms with van der Waals surface area (Å²) in [6, 6.07) is 17.1. The molecule has 0 spiro atoms. The number of benzene rings is 3. The number of hydrogen-bond donors (Lipinski definition) is 3. The van der Waals surface area contributed by atoms with Crippen LogP contribution in [0, 0.1) is 0 Å². The minimum Gasteiger partial charge on any atom is -0.478 e. The molecule has 0 aliphatic heterocycles. The van der Waals surface area contributed by atoms with Gasteiger partial charge in [-0.3, -0.25) is 9.59 Å². The van der Waals surface area contributed by atoms with Crippen molar-refractivity contribution in [1.82, 2.24) is 0 Å². The number of carbonyl (C=O) groups excluding carboxylic acids is 2. The van der Waals surface area contributed by atoms with Crippen LogP contribution < -0.4 is 10.6 Å².